The summed E-state index contributed by atoms with van der Waals surface area (Å²) >= 11 is 1.55. The Hall–Kier alpha value is -3.28. The summed E-state index contributed by atoms with van der Waals surface area (Å²) in [5, 5.41) is 9.59. The average Bonchev–Trinajstić information content (AvgIpc) is 3.76. The minimum atomic E-state index is -3.52. The third-order valence-electron chi connectivity index (χ3n) is 8.44. The van der Waals surface area contributed by atoms with Crippen molar-refractivity contribution in [2.24, 2.45) is 5.92 Å². The third kappa shape index (κ3) is 7.50. The fourth-order valence-corrected chi connectivity index (χ4v) is 8.55. The number of hydrogen-bond donors (Lipinski definition) is 2. The van der Waals surface area contributed by atoms with Gasteiger partial charge in [-0.15, -0.1) is 11.3 Å². The van der Waals surface area contributed by atoms with Gasteiger partial charge in [0.15, 0.2) is 0 Å². The van der Waals surface area contributed by atoms with Gasteiger partial charge in [-0.3, -0.25) is 13.9 Å². The van der Waals surface area contributed by atoms with E-state index in [1.54, 1.807) is 29.5 Å². The van der Waals surface area contributed by atoms with Crippen molar-refractivity contribution >= 4 is 38.9 Å². The lowest BCUT2D eigenvalue weighted by molar-refractivity contribution is 0.0735. The van der Waals surface area contributed by atoms with Gasteiger partial charge >= 0.3 is 0 Å². The van der Waals surface area contributed by atoms with E-state index in [4.69, 9.17) is 0 Å². The van der Waals surface area contributed by atoms with Crippen molar-refractivity contribution in [3.8, 4) is 0 Å². The number of carbonyl (C=O) groups is 2. The number of amides is 2. The normalized spacial score (nSPS) is 19.2. The Morgan fingerprint density at radius 3 is 2.55 bits per heavy atom. The molecule has 5 rings (SSSR count). The van der Waals surface area contributed by atoms with Crippen LogP contribution in [0, 0.1) is 12.8 Å². The lowest BCUT2D eigenvalue weighted by atomic mass is 9.94. The van der Waals surface area contributed by atoms with Crippen LogP contribution < -0.4 is 14.9 Å². The lowest BCUT2D eigenvalue weighted by Gasteiger charge is -2.27. The van der Waals surface area contributed by atoms with Gasteiger partial charge in [-0.2, -0.15) is 0 Å². The number of carbonyl (C=O) groups excluding carboxylic acids is 2. The predicted octanol–water partition coefficient (Wildman–Crippen LogP) is 4.95. The van der Waals surface area contributed by atoms with Gasteiger partial charge in [0.05, 0.1) is 17.5 Å². The highest BCUT2D eigenvalue weighted by Gasteiger charge is 2.35. The largest absolute Gasteiger partial charge is 0.349 e. The summed E-state index contributed by atoms with van der Waals surface area (Å²) in [6.07, 6.45) is 3.84. The van der Waals surface area contributed by atoms with Crippen molar-refractivity contribution in [3.05, 3.63) is 81.3 Å². The molecule has 2 aromatic carbocycles. The number of aromatic nitrogens is 1. The molecule has 2 N–H and O–H groups in total. The lowest BCUT2D eigenvalue weighted by Crippen LogP contribution is -2.44. The predicted molar refractivity (Wildman–Crippen MR) is 176 cm³/mol. The summed E-state index contributed by atoms with van der Waals surface area (Å²) in [4.78, 5) is 34.5. The van der Waals surface area contributed by atoms with Gasteiger partial charge < -0.3 is 15.5 Å². The number of thiazole rings is 1. The van der Waals surface area contributed by atoms with E-state index in [9.17, 15) is 18.0 Å². The van der Waals surface area contributed by atoms with Crippen LogP contribution in [0.15, 0.2) is 53.9 Å². The van der Waals surface area contributed by atoms with Crippen LogP contribution >= 0.6 is 11.3 Å². The highest BCUT2D eigenvalue weighted by Crippen LogP contribution is 2.36. The van der Waals surface area contributed by atoms with E-state index in [-0.39, 0.29) is 41.1 Å². The maximum Gasteiger partial charge on any atom is 0.254 e. The Morgan fingerprint density at radius 2 is 1.86 bits per heavy atom. The van der Waals surface area contributed by atoms with E-state index in [0.717, 1.165) is 48.6 Å². The second-order valence-corrected chi connectivity index (χ2v) is 14.8. The molecule has 0 spiro atoms. The van der Waals surface area contributed by atoms with Gasteiger partial charge in [0.2, 0.25) is 10.0 Å². The SMILES string of the molecule is CCCNCC(C)C(Cc1ccccc1)NC(=O)c1cc(C(=O)N2CCCC2c2nc(C)cs2)cc(N2CCCS2(=O)=O)c1. The Morgan fingerprint density at radius 1 is 1.09 bits per heavy atom. The first kappa shape index (κ1) is 32.1. The number of nitrogens with one attached hydrogen (secondary N) is 2. The maximum absolute atomic E-state index is 14.1. The highest BCUT2D eigenvalue weighted by atomic mass is 32.2. The van der Waals surface area contributed by atoms with E-state index in [1.165, 1.54) is 4.31 Å². The molecule has 0 bridgehead atoms. The number of likely N-dealkylation sites (tertiary alicyclic amines) is 1. The van der Waals surface area contributed by atoms with Crippen molar-refractivity contribution < 1.29 is 18.0 Å². The number of sulfonamides is 1. The third-order valence-corrected chi connectivity index (χ3v) is 11.4. The number of nitrogens with zero attached hydrogens (tertiary/aromatic N) is 3. The molecule has 2 amide bonds. The number of aryl methyl sites for hydroxylation is 1. The van der Waals surface area contributed by atoms with Gasteiger partial charge in [0, 0.05) is 41.3 Å². The van der Waals surface area contributed by atoms with Gasteiger partial charge in [0.1, 0.15) is 5.01 Å². The van der Waals surface area contributed by atoms with Gasteiger partial charge in [-0.05, 0) is 81.8 Å². The van der Waals surface area contributed by atoms with Crippen LogP contribution in [0.4, 0.5) is 5.69 Å². The summed E-state index contributed by atoms with van der Waals surface area (Å²) in [5.41, 5.74) is 2.99. The summed E-state index contributed by atoms with van der Waals surface area (Å²) in [7, 11) is -3.52. The average molecular weight is 638 g/mol. The maximum atomic E-state index is 14.1. The zero-order valence-corrected chi connectivity index (χ0v) is 27.4. The molecule has 2 saturated heterocycles. The Balaban J connectivity index is 1.46. The first-order valence-electron chi connectivity index (χ1n) is 15.6. The molecule has 3 aromatic rings. The molecule has 3 atom stereocenters. The molecule has 236 valence electrons. The summed E-state index contributed by atoms with van der Waals surface area (Å²) in [6, 6.07) is 14.6. The van der Waals surface area contributed by atoms with Crippen LogP contribution in [0.5, 0.6) is 0 Å². The fraction of sp³-hybridized carbons (Fsp3) is 0.485. The van der Waals surface area contributed by atoms with Crippen LogP contribution in [0.25, 0.3) is 0 Å². The molecule has 44 heavy (non-hydrogen) atoms. The molecular weight excluding hydrogens is 595 g/mol. The molecule has 0 saturated carbocycles. The molecule has 2 aliphatic rings. The van der Waals surface area contributed by atoms with E-state index in [0.29, 0.717) is 37.2 Å². The quantitative estimate of drug-likeness (QED) is 0.272. The monoisotopic (exact) mass is 637 g/mol. The van der Waals surface area contributed by atoms with E-state index in [1.807, 2.05) is 35.4 Å². The molecule has 2 aliphatic heterocycles. The van der Waals surface area contributed by atoms with Gasteiger partial charge in [-0.25, -0.2) is 13.4 Å². The Labute approximate surface area is 265 Å². The van der Waals surface area contributed by atoms with Crippen LogP contribution in [0.3, 0.4) is 0 Å². The van der Waals surface area contributed by atoms with Crippen molar-refractivity contribution in [2.45, 2.75) is 65.0 Å². The molecule has 0 aliphatic carbocycles. The van der Waals surface area contributed by atoms with Crippen LogP contribution in [-0.4, -0.2) is 68.1 Å². The van der Waals surface area contributed by atoms with E-state index < -0.39 is 10.0 Å². The topological polar surface area (TPSA) is 112 Å². The van der Waals surface area contributed by atoms with Crippen molar-refractivity contribution in [1.29, 1.82) is 0 Å². The first-order chi connectivity index (χ1) is 21.2. The Bertz CT molecular complexity index is 1560. The molecule has 1 aromatic heterocycles. The first-order valence-corrected chi connectivity index (χ1v) is 18.1. The van der Waals surface area contributed by atoms with Crippen molar-refractivity contribution in [1.82, 2.24) is 20.5 Å². The zero-order chi connectivity index (χ0) is 31.3. The minimum Gasteiger partial charge on any atom is -0.349 e. The van der Waals surface area contributed by atoms with Crippen LogP contribution in [0.2, 0.25) is 0 Å². The molecule has 0 radical (unpaired) electrons. The summed E-state index contributed by atoms with van der Waals surface area (Å²) in [5.74, 6) is -0.368. The van der Waals surface area contributed by atoms with Crippen LogP contribution in [0.1, 0.15) is 82.6 Å². The van der Waals surface area contributed by atoms with Crippen LogP contribution in [-0.2, 0) is 16.4 Å². The fourth-order valence-electron chi connectivity index (χ4n) is 6.06. The highest BCUT2D eigenvalue weighted by molar-refractivity contribution is 7.93. The Kier molecular flexibility index (Phi) is 10.4. The molecule has 3 heterocycles. The number of benzene rings is 2. The smallest absolute Gasteiger partial charge is 0.254 e. The number of hydrogen-bond acceptors (Lipinski definition) is 7. The molecule has 9 nitrogen and oxygen atoms in total. The summed E-state index contributed by atoms with van der Waals surface area (Å²) < 4.78 is 27.2. The second kappa shape index (κ2) is 14.2. The number of anilines is 1. The molecular formula is C33H43N5O4S2. The molecule has 3 unspecified atom stereocenters. The summed E-state index contributed by atoms with van der Waals surface area (Å²) in [6.45, 7) is 8.72. The minimum absolute atomic E-state index is 0.0473. The second-order valence-electron chi connectivity index (χ2n) is 11.9. The van der Waals surface area contributed by atoms with E-state index in [2.05, 4.69) is 41.6 Å². The van der Waals surface area contributed by atoms with Gasteiger partial charge in [0.25, 0.3) is 11.8 Å². The van der Waals surface area contributed by atoms with E-state index >= 15 is 0 Å². The standard InChI is InChI=1S/C33H43N5O4S2/c1-4-13-34-21-23(2)29(17-25-10-6-5-7-11-25)36-31(39)26-18-27(20-28(19-26)38-15-9-16-44(38,41)42)33(40)37-14-8-12-30(37)32-35-24(3)22-43-32/h5-7,10-11,18-20,22-23,29-30,34H,4,8-9,12-17,21H2,1-3H3,(H,36,39). The number of rotatable bonds is 12. The van der Waals surface area contributed by atoms with Crippen molar-refractivity contribution in [3.63, 3.8) is 0 Å². The molecule has 2 fully saturated rings. The van der Waals surface area contributed by atoms with Crippen molar-refractivity contribution in [2.75, 3.05) is 36.2 Å². The zero-order valence-electron chi connectivity index (χ0n) is 25.8. The molecule has 11 heteroatoms. The van der Waals surface area contributed by atoms with Gasteiger partial charge in [-0.1, -0.05) is 44.2 Å².